The standard InChI is InChI=1S/C6H7BrCl2N4O/c1-13-4(5(7)11-12-13)6(14)10-2-3(8)9/h3H,2H2,1H3,(H,10,14). The number of carbonyl (C=O) groups excluding carboxylic acids is 1. The fraction of sp³-hybridized carbons (Fsp3) is 0.500. The minimum absolute atomic E-state index is 0.180. The molecule has 1 aromatic rings. The summed E-state index contributed by atoms with van der Waals surface area (Å²) in [5.41, 5.74) is 0.332. The van der Waals surface area contributed by atoms with Crippen LogP contribution in [0.15, 0.2) is 4.60 Å². The maximum absolute atomic E-state index is 11.5. The minimum atomic E-state index is -0.626. The van der Waals surface area contributed by atoms with Crippen molar-refractivity contribution in [3.8, 4) is 0 Å². The molecule has 8 heteroatoms. The first-order valence-corrected chi connectivity index (χ1v) is 5.30. The number of rotatable bonds is 3. The topological polar surface area (TPSA) is 59.8 Å². The van der Waals surface area contributed by atoms with Crippen LogP contribution in [0.1, 0.15) is 10.5 Å². The summed E-state index contributed by atoms with van der Waals surface area (Å²) in [5, 5.41) is 9.86. The summed E-state index contributed by atoms with van der Waals surface area (Å²) in [4.78, 5) is 10.9. The Kier molecular flexibility index (Phi) is 4.15. The largest absolute Gasteiger partial charge is 0.348 e. The van der Waals surface area contributed by atoms with Crippen molar-refractivity contribution < 1.29 is 4.79 Å². The third-order valence-electron chi connectivity index (χ3n) is 1.42. The third kappa shape index (κ3) is 2.83. The fourth-order valence-electron chi connectivity index (χ4n) is 0.826. The van der Waals surface area contributed by atoms with E-state index in [2.05, 4.69) is 31.6 Å². The Morgan fingerprint density at radius 1 is 1.71 bits per heavy atom. The fourth-order valence-corrected chi connectivity index (χ4v) is 1.49. The molecule has 1 heterocycles. The Balaban J connectivity index is 2.70. The summed E-state index contributed by atoms with van der Waals surface area (Å²) in [7, 11) is 1.62. The van der Waals surface area contributed by atoms with Crippen LogP contribution in [-0.4, -0.2) is 32.3 Å². The summed E-state index contributed by atoms with van der Waals surface area (Å²) >= 11 is 14.0. The van der Waals surface area contributed by atoms with Crippen molar-refractivity contribution in [1.29, 1.82) is 0 Å². The highest BCUT2D eigenvalue weighted by atomic mass is 79.9. The molecule has 0 atom stereocenters. The first kappa shape index (κ1) is 11.7. The molecule has 1 N–H and O–H groups in total. The highest BCUT2D eigenvalue weighted by Gasteiger charge is 2.16. The predicted octanol–water partition coefficient (Wildman–Crippen LogP) is 1.11. The molecule has 0 bridgehead atoms. The first-order chi connectivity index (χ1) is 6.52. The van der Waals surface area contributed by atoms with E-state index in [0.29, 0.717) is 10.3 Å². The molecule has 0 aromatic carbocycles. The van der Waals surface area contributed by atoms with Crippen molar-refractivity contribution in [2.24, 2.45) is 7.05 Å². The van der Waals surface area contributed by atoms with Gasteiger partial charge < -0.3 is 5.32 Å². The number of amides is 1. The molecule has 0 saturated carbocycles. The van der Waals surface area contributed by atoms with Gasteiger partial charge in [-0.2, -0.15) is 0 Å². The van der Waals surface area contributed by atoms with Crippen molar-refractivity contribution in [2.75, 3.05) is 6.54 Å². The minimum Gasteiger partial charge on any atom is -0.348 e. The molecule has 1 aromatic heterocycles. The highest BCUT2D eigenvalue weighted by Crippen LogP contribution is 2.11. The van der Waals surface area contributed by atoms with Crippen molar-refractivity contribution in [2.45, 2.75) is 4.84 Å². The second-order valence-corrected chi connectivity index (χ2v) is 4.48. The second-order valence-electron chi connectivity index (χ2n) is 2.45. The van der Waals surface area contributed by atoms with Crippen molar-refractivity contribution >= 4 is 45.0 Å². The monoisotopic (exact) mass is 300 g/mol. The number of halogens is 3. The lowest BCUT2D eigenvalue weighted by Crippen LogP contribution is -2.29. The van der Waals surface area contributed by atoms with Gasteiger partial charge in [-0.05, 0) is 15.9 Å². The van der Waals surface area contributed by atoms with Crippen LogP contribution in [0.4, 0.5) is 0 Å². The maximum Gasteiger partial charge on any atom is 0.272 e. The van der Waals surface area contributed by atoms with Crippen molar-refractivity contribution in [3.05, 3.63) is 10.3 Å². The van der Waals surface area contributed by atoms with Crippen LogP contribution in [0, 0.1) is 0 Å². The molecule has 78 valence electrons. The average Bonchev–Trinajstić information content (AvgIpc) is 2.42. The van der Waals surface area contributed by atoms with Crippen LogP contribution in [-0.2, 0) is 7.05 Å². The number of nitrogens with one attached hydrogen (secondary N) is 1. The predicted molar refractivity (Wildman–Crippen MR) is 56.5 cm³/mol. The van der Waals surface area contributed by atoms with E-state index >= 15 is 0 Å². The molecule has 0 fully saturated rings. The quantitative estimate of drug-likeness (QED) is 0.851. The molecule has 5 nitrogen and oxygen atoms in total. The molecule has 0 aliphatic rings. The summed E-state index contributed by atoms with van der Waals surface area (Å²) in [6.45, 7) is 0.180. The average molecular weight is 302 g/mol. The number of hydrogen-bond acceptors (Lipinski definition) is 3. The SMILES string of the molecule is Cn1nnc(Br)c1C(=O)NCC(Cl)Cl. The van der Waals surface area contributed by atoms with Crippen LogP contribution in [0.3, 0.4) is 0 Å². The van der Waals surface area contributed by atoms with Crippen LogP contribution < -0.4 is 5.32 Å². The zero-order valence-electron chi connectivity index (χ0n) is 7.17. The van der Waals surface area contributed by atoms with Gasteiger partial charge in [-0.25, -0.2) is 4.68 Å². The lowest BCUT2D eigenvalue weighted by molar-refractivity contribution is 0.0945. The van der Waals surface area contributed by atoms with E-state index in [9.17, 15) is 4.79 Å². The molecular weight excluding hydrogens is 295 g/mol. The zero-order chi connectivity index (χ0) is 10.7. The van der Waals surface area contributed by atoms with Crippen LogP contribution in [0.5, 0.6) is 0 Å². The molecule has 14 heavy (non-hydrogen) atoms. The van der Waals surface area contributed by atoms with Gasteiger partial charge in [0, 0.05) is 13.6 Å². The van der Waals surface area contributed by atoms with E-state index in [1.807, 2.05) is 0 Å². The Morgan fingerprint density at radius 3 is 2.79 bits per heavy atom. The Labute approximate surface area is 98.9 Å². The van der Waals surface area contributed by atoms with Gasteiger partial charge in [-0.1, -0.05) is 5.21 Å². The van der Waals surface area contributed by atoms with E-state index in [1.165, 1.54) is 4.68 Å². The van der Waals surface area contributed by atoms with Gasteiger partial charge in [0.15, 0.2) is 10.3 Å². The van der Waals surface area contributed by atoms with Crippen molar-refractivity contribution in [1.82, 2.24) is 20.3 Å². The summed E-state index contributed by atoms with van der Waals surface area (Å²) in [6, 6.07) is 0. The number of hydrogen-bond donors (Lipinski definition) is 1. The van der Waals surface area contributed by atoms with Gasteiger partial charge in [0.2, 0.25) is 0 Å². The normalized spacial score (nSPS) is 10.6. The van der Waals surface area contributed by atoms with E-state index in [0.717, 1.165) is 0 Å². The molecular formula is C6H7BrCl2N4O. The van der Waals surface area contributed by atoms with Gasteiger partial charge in [0.25, 0.3) is 5.91 Å². The van der Waals surface area contributed by atoms with Gasteiger partial charge in [-0.15, -0.1) is 28.3 Å². The number of aryl methyl sites for hydroxylation is 1. The first-order valence-electron chi connectivity index (χ1n) is 3.64. The van der Waals surface area contributed by atoms with Gasteiger partial charge >= 0.3 is 0 Å². The van der Waals surface area contributed by atoms with Crippen LogP contribution >= 0.6 is 39.1 Å². The Morgan fingerprint density at radius 2 is 2.36 bits per heavy atom. The highest BCUT2D eigenvalue weighted by molar-refractivity contribution is 9.10. The third-order valence-corrected chi connectivity index (χ3v) is 2.26. The molecule has 0 aliphatic carbocycles. The summed E-state index contributed by atoms with van der Waals surface area (Å²) in [5.74, 6) is -0.323. The van der Waals surface area contributed by atoms with Gasteiger partial charge in [-0.3, -0.25) is 4.79 Å². The molecule has 0 unspecified atom stereocenters. The molecule has 0 radical (unpaired) electrons. The molecule has 0 aliphatic heterocycles. The van der Waals surface area contributed by atoms with Crippen LogP contribution in [0.25, 0.3) is 0 Å². The van der Waals surface area contributed by atoms with E-state index in [1.54, 1.807) is 7.05 Å². The molecule has 0 spiro atoms. The number of aromatic nitrogens is 3. The summed E-state index contributed by atoms with van der Waals surface area (Å²) < 4.78 is 1.75. The number of alkyl halides is 2. The van der Waals surface area contributed by atoms with Crippen LogP contribution in [0.2, 0.25) is 0 Å². The zero-order valence-corrected chi connectivity index (χ0v) is 10.3. The molecule has 1 amide bonds. The summed E-state index contributed by atoms with van der Waals surface area (Å²) in [6.07, 6.45) is 0. The molecule has 1 rings (SSSR count). The lowest BCUT2D eigenvalue weighted by Gasteiger charge is -2.04. The second kappa shape index (κ2) is 4.95. The lowest BCUT2D eigenvalue weighted by atomic mass is 10.4. The number of carbonyl (C=O) groups is 1. The van der Waals surface area contributed by atoms with Gasteiger partial charge in [0.1, 0.15) is 4.84 Å². The van der Waals surface area contributed by atoms with Gasteiger partial charge in [0.05, 0.1) is 0 Å². The Hall–Kier alpha value is -0.330. The van der Waals surface area contributed by atoms with E-state index in [4.69, 9.17) is 23.2 Å². The van der Waals surface area contributed by atoms with E-state index in [-0.39, 0.29) is 12.5 Å². The Bertz CT molecular complexity index is 321. The number of nitrogens with zero attached hydrogens (tertiary/aromatic N) is 3. The maximum atomic E-state index is 11.5. The smallest absolute Gasteiger partial charge is 0.272 e. The van der Waals surface area contributed by atoms with E-state index < -0.39 is 4.84 Å². The molecule has 0 saturated heterocycles. The van der Waals surface area contributed by atoms with Crippen molar-refractivity contribution in [3.63, 3.8) is 0 Å².